The smallest absolute Gasteiger partial charge is 0.0794 e. The maximum absolute atomic E-state index is 6.17. The second-order valence-electron chi connectivity index (χ2n) is 8.05. The summed E-state index contributed by atoms with van der Waals surface area (Å²) in [5, 5.41) is 0. The predicted octanol–water partition coefficient (Wildman–Crippen LogP) is 5.29. The van der Waals surface area contributed by atoms with E-state index in [9.17, 15) is 0 Å². The van der Waals surface area contributed by atoms with E-state index >= 15 is 0 Å². The van der Waals surface area contributed by atoms with Gasteiger partial charge >= 0.3 is 0 Å². The van der Waals surface area contributed by atoms with Gasteiger partial charge in [0.1, 0.15) is 0 Å². The number of likely N-dealkylation sites (N-methyl/N-ethyl adjacent to an activating group) is 1. The van der Waals surface area contributed by atoms with E-state index in [1.165, 1.54) is 24.0 Å². The van der Waals surface area contributed by atoms with Crippen LogP contribution in [0.25, 0.3) is 0 Å². The zero-order valence-electron chi connectivity index (χ0n) is 16.2. The highest BCUT2D eigenvalue weighted by Crippen LogP contribution is 2.29. The Morgan fingerprint density at radius 3 is 2.54 bits per heavy atom. The van der Waals surface area contributed by atoms with Crippen LogP contribution in [0.5, 0.6) is 0 Å². The normalized spacial score (nSPS) is 22.5. The molecule has 0 spiro atoms. The Hall–Kier alpha value is -1.12. The van der Waals surface area contributed by atoms with Crippen molar-refractivity contribution in [3.8, 4) is 0 Å². The van der Waals surface area contributed by atoms with Gasteiger partial charge in [-0.3, -0.25) is 4.90 Å². The molecule has 2 heteroatoms. The number of nitrogens with zero attached hydrogens (tertiary/aromatic N) is 1. The van der Waals surface area contributed by atoms with Crippen LogP contribution in [-0.4, -0.2) is 36.7 Å². The molecule has 0 fully saturated rings. The molecule has 2 aliphatic carbocycles. The van der Waals surface area contributed by atoms with E-state index in [1.807, 2.05) is 0 Å². The molecular formula is C22H35NO. The van der Waals surface area contributed by atoms with E-state index in [4.69, 9.17) is 4.74 Å². The Labute approximate surface area is 149 Å². The van der Waals surface area contributed by atoms with Crippen molar-refractivity contribution in [1.82, 2.24) is 4.90 Å². The summed E-state index contributed by atoms with van der Waals surface area (Å²) in [6.45, 7) is 14.2. The predicted molar refractivity (Wildman–Crippen MR) is 104 cm³/mol. The van der Waals surface area contributed by atoms with Crippen LogP contribution >= 0.6 is 0 Å². The van der Waals surface area contributed by atoms with Gasteiger partial charge in [-0.1, -0.05) is 64.2 Å². The molecule has 0 aliphatic heterocycles. The van der Waals surface area contributed by atoms with Crippen LogP contribution in [0.2, 0.25) is 0 Å². The molecule has 0 saturated carbocycles. The van der Waals surface area contributed by atoms with Crippen LogP contribution in [0.15, 0.2) is 47.6 Å². The van der Waals surface area contributed by atoms with Crippen molar-refractivity contribution in [2.24, 2.45) is 5.41 Å². The number of ether oxygens (including phenoxy) is 1. The van der Waals surface area contributed by atoms with Crippen molar-refractivity contribution < 1.29 is 4.74 Å². The minimum atomic E-state index is 0.228. The van der Waals surface area contributed by atoms with Crippen LogP contribution < -0.4 is 0 Å². The molecule has 0 bridgehead atoms. The lowest BCUT2D eigenvalue weighted by Gasteiger charge is -2.30. The first-order valence-electron chi connectivity index (χ1n) is 9.50. The molecule has 0 aromatic carbocycles. The largest absolute Gasteiger partial charge is 0.372 e. The Morgan fingerprint density at radius 2 is 2.00 bits per heavy atom. The first-order valence-corrected chi connectivity index (χ1v) is 9.50. The molecule has 0 radical (unpaired) electrons. The van der Waals surface area contributed by atoms with E-state index in [1.54, 1.807) is 0 Å². The van der Waals surface area contributed by atoms with Crippen LogP contribution in [0.1, 0.15) is 53.9 Å². The van der Waals surface area contributed by atoms with Gasteiger partial charge in [-0.15, -0.1) is 0 Å². The molecule has 0 heterocycles. The summed E-state index contributed by atoms with van der Waals surface area (Å²) in [7, 11) is 0. The summed E-state index contributed by atoms with van der Waals surface area (Å²) in [4.78, 5) is 2.50. The second-order valence-corrected chi connectivity index (χ2v) is 8.05. The molecule has 24 heavy (non-hydrogen) atoms. The van der Waals surface area contributed by atoms with E-state index in [-0.39, 0.29) is 11.5 Å². The molecule has 0 amide bonds. The van der Waals surface area contributed by atoms with Crippen LogP contribution in [0, 0.1) is 5.41 Å². The van der Waals surface area contributed by atoms with Crippen molar-refractivity contribution in [1.29, 1.82) is 0 Å². The molecule has 2 nitrogen and oxygen atoms in total. The summed E-state index contributed by atoms with van der Waals surface area (Å²) in [5.41, 5.74) is 3.10. The zero-order chi connectivity index (χ0) is 17.6. The van der Waals surface area contributed by atoms with Crippen LogP contribution in [0.3, 0.4) is 0 Å². The van der Waals surface area contributed by atoms with Gasteiger partial charge in [0.05, 0.1) is 12.7 Å². The molecule has 134 valence electrons. The van der Waals surface area contributed by atoms with Crippen molar-refractivity contribution in [2.75, 3.05) is 19.7 Å². The maximum Gasteiger partial charge on any atom is 0.0794 e. The third-order valence-electron chi connectivity index (χ3n) is 4.97. The summed E-state index contributed by atoms with van der Waals surface area (Å²) in [6, 6.07) is 0.438. The molecule has 2 rings (SSSR count). The van der Waals surface area contributed by atoms with Gasteiger partial charge in [-0.25, -0.2) is 0 Å². The van der Waals surface area contributed by atoms with E-state index in [0.29, 0.717) is 6.04 Å². The quantitative estimate of drug-likeness (QED) is 0.629. The van der Waals surface area contributed by atoms with Gasteiger partial charge in [0.2, 0.25) is 0 Å². The highest BCUT2D eigenvalue weighted by atomic mass is 16.5. The van der Waals surface area contributed by atoms with Crippen molar-refractivity contribution in [3.63, 3.8) is 0 Å². The van der Waals surface area contributed by atoms with E-state index in [0.717, 1.165) is 26.1 Å². The lowest BCUT2D eigenvalue weighted by atomic mass is 9.83. The van der Waals surface area contributed by atoms with Crippen molar-refractivity contribution in [3.05, 3.63) is 47.6 Å². The van der Waals surface area contributed by atoms with Gasteiger partial charge in [0.15, 0.2) is 0 Å². The first kappa shape index (κ1) is 19.2. The Balaban J connectivity index is 1.79. The molecule has 2 aliphatic rings. The molecule has 2 atom stereocenters. The van der Waals surface area contributed by atoms with Gasteiger partial charge in [0, 0.05) is 12.6 Å². The monoisotopic (exact) mass is 329 g/mol. The van der Waals surface area contributed by atoms with Gasteiger partial charge in [-0.2, -0.15) is 0 Å². The molecule has 2 unspecified atom stereocenters. The number of rotatable bonds is 7. The average Bonchev–Trinajstić information content (AvgIpc) is 2.58. The summed E-state index contributed by atoms with van der Waals surface area (Å²) in [6.07, 6.45) is 17.4. The third-order valence-corrected chi connectivity index (χ3v) is 4.97. The number of hydrogen-bond acceptors (Lipinski definition) is 2. The SMILES string of the molecule is CCN(CC1=CCCC=C1)C(C)COC1C=CC(C(C)(C)C)=CC1. The first-order chi connectivity index (χ1) is 11.4. The van der Waals surface area contributed by atoms with Crippen LogP contribution in [-0.2, 0) is 4.74 Å². The highest BCUT2D eigenvalue weighted by Gasteiger charge is 2.20. The fourth-order valence-corrected chi connectivity index (χ4v) is 3.25. The van der Waals surface area contributed by atoms with Gasteiger partial charge < -0.3 is 4.74 Å². The number of hydrogen-bond donors (Lipinski definition) is 0. The topological polar surface area (TPSA) is 12.5 Å². The lowest BCUT2D eigenvalue weighted by molar-refractivity contribution is 0.0396. The molecule has 0 saturated heterocycles. The molecule has 0 aromatic rings. The average molecular weight is 330 g/mol. The fourth-order valence-electron chi connectivity index (χ4n) is 3.25. The minimum absolute atomic E-state index is 0.228. The standard InChI is InChI=1S/C22H35NO/c1-6-23(16-19-10-8-7-9-11-19)18(2)17-24-21-14-12-20(13-15-21)22(3,4)5/h8,10-14,18,21H,6-7,9,15-17H2,1-5H3. The van der Waals surface area contributed by atoms with Gasteiger partial charge in [-0.05, 0) is 49.3 Å². The minimum Gasteiger partial charge on any atom is -0.372 e. The summed E-state index contributed by atoms with van der Waals surface area (Å²) in [5.74, 6) is 0. The van der Waals surface area contributed by atoms with Gasteiger partial charge in [0.25, 0.3) is 0 Å². The van der Waals surface area contributed by atoms with E-state index in [2.05, 4.69) is 76.0 Å². The summed E-state index contributed by atoms with van der Waals surface area (Å²) >= 11 is 0. The van der Waals surface area contributed by atoms with Crippen LogP contribution in [0.4, 0.5) is 0 Å². The maximum atomic E-state index is 6.17. The molecular weight excluding hydrogens is 294 g/mol. The van der Waals surface area contributed by atoms with Crippen molar-refractivity contribution in [2.45, 2.75) is 66.0 Å². The summed E-state index contributed by atoms with van der Waals surface area (Å²) < 4.78 is 6.17. The molecule has 0 aromatic heterocycles. The Morgan fingerprint density at radius 1 is 1.21 bits per heavy atom. The van der Waals surface area contributed by atoms with E-state index < -0.39 is 0 Å². The lowest BCUT2D eigenvalue weighted by Crippen LogP contribution is -2.38. The third kappa shape index (κ3) is 5.75. The number of allylic oxidation sites excluding steroid dienone is 4. The Kier molecular flexibility index (Phi) is 7.06. The second kappa shape index (κ2) is 8.82. The fraction of sp³-hybridized carbons (Fsp3) is 0.636. The van der Waals surface area contributed by atoms with Crippen molar-refractivity contribution >= 4 is 0 Å². The highest BCUT2D eigenvalue weighted by molar-refractivity contribution is 5.29. The zero-order valence-corrected chi connectivity index (χ0v) is 16.2. The molecule has 0 N–H and O–H groups in total. The Bertz CT molecular complexity index is 519.